The maximum absolute atomic E-state index is 6.32. The summed E-state index contributed by atoms with van der Waals surface area (Å²) in [4.78, 5) is 12.6. The van der Waals surface area contributed by atoms with Gasteiger partial charge < -0.3 is 0 Å². The van der Waals surface area contributed by atoms with Crippen molar-refractivity contribution < 1.29 is 9.78 Å². The van der Waals surface area contributed by atoms with Gasteiger partial charge in [-0.25, -0.2) is 9.78 Å². The molecule has 0 bridgehead atoms. The molecule has 1 saturated heterocycles. The summed E-state index contributed by atoms with van der Waals surface area (Å²) in [5.41, 5.74) is 8.65. The number of rotatable bonds is 0. The molecule has 0 atom stereocenters. The molecule has 0 saturated carbocycles. The second-order valence-electron chi connectivity index (χ2n) is 8.51. The predicted octanol–water partition coefficient (Wildman–Crippen LogP) is 5.64. The highest BCUT2D eigenvalue weighted by atomic mass is 17.3. The summed E-state index contributed by atoms with van der Waals surface area (Å²) < 4.78 is 0. The minimum atomic E-state index is -0.703. The Balaban J connectivity index is 1.64. The van der Waals surface area contributed by atoms with Crippen LogP contribution in [0.2, 0.25) is 0 Å². The Hall–Kier alpha value is -3.20. The zero-order valence-electron chi connectivity index (χ0n) is 16.5. The Kier molecular flexibility index (Phi) is 3.15. The zero-order chi connectivity index (χ0) is 19.8. The molecule has 144 valence electrons. The van der Waals surface area contributed by atoms with Gasteiger partial charge in [0.2, 0.25) is 0 Å². The first kappa shape index (κ1) is 16.6. The van der Waals surface area contributed by atoms with Crippen molar-refractivity contribution in [2.24, 2.45) is 0 Å². The Bertz CT molecular complexity index is 1130. The second kappa shape index (κ2) is 5.69. The van der Waals surface area contributed by atoms with Crippen LogP contribution in [0.1, 0.15) is 44.5 Å². The molecule has 0 unspecified atom stereocenters. The average Bonchev–Trinajstić information content (AvgIpc) is 2.80. The molecule has 2 aliphatic carbocycles. The SMILES string of the molecule is c1ccc2c(c1)Cc1ccccc1C21OOC12c1ccccc1Cc1ccccc12. The van der Waals surface area contributed by atoms with Crippen molar-refractivity contribution >= 4 is 0 Å². The van der Waals surface area contributed by atoms with E-state index in [1.807, 2.05) is 0 Å². The van der Waals surface area contributed by atoms with E-state index in [4.69, 9.17) is 9.78 Å². The highest BCUT2D eigenvalue weighted by Crippen LogP contribution is 2.66. The fraction of sp³-hybridized carbons (Fsp3) is 0.143. The zero-order valence-corrected chi connectivity index (χ0v) is 16.5. The Morgan fingerprint density at radius 2 is 0.667 bits per heavy atom. The van der Waals surface area contributed by atoms with Crippen molar-refractivity contribution in [3.63, 3.8) is 0 Å². The minimum Gasteiger partial charge on any atom is -0.215 e. The standard InChI is InChI=1S/C28H20O2/c1-5-13-23-19(9-1)17-20-10-2-6-14-24(20)27(23)28(30-29-27)25-15-7-3-11-21(25)18-22-12-4-8-16-26(22)28/h1-16H,17-18H2. The first-order chi connectivity index (χ1) is 14.8. The predicted molar refractivity (Wildman–Crippen MR) is 115 cm³/mol. The normalized spacial score (nSPS) is 18.7. The van der Waals surface area contributed by atoms with E-state index < -0.39 is 11.2 Å². The van der Waals surface area contributed by atoms with Crippen molar-refractivity contribution in [2.45, 2.75) is 24.0 Å². The lowest BCUT2D eigenvalue weighted by Crippen LogP contribution is -2.66. The number of benzene rings is 4. The van der Waals surface area contributed by atoms with Gasteiger partial charge in [0.25, 0.3) is 0 Å². The average molecular weight is 388 g/mol. The quantitative estimate of drug-likeness (QED) is 0.363. The first-order valence-corrected chi connectivity index (χ1v) is 10.5. The third-order valence-electron chi connectivity index (χ3n) is 7.14. The third-order valence-corrected chi connectivity index (χ3v) is 7.14. The molecule has 3 aliphatic rings. The Morgan fingerprint density at radius 3 is 0.933 bits per heavy atom. The van der Waals surface area contributed by atoms with Gasteiger partial charge in [-0.2, -0.15) is 0 Å². The van der Waals surface area contributed by atoms with Crippen LogP contribution >= 0.6 is 0 Å². The van der Waals surface area contributed by atoms with E-state index in [-0.39, 0.29) is 0 Å². The number of hydrogen-bond donors (Lipinski definition) is 0. The largest absolute Gasteiger partial charge is 0.215 e. The molecule has 0 N–H and O–H groups in total. The van der Waals surface area contributed by atoms with Crippen molar-refractivity contribution in [1.82, 2.24) is 0 Å². The molecule has 1 fully saturated rings. The summed E-state index contributed by atoms with van der Waals surface area (Å²) in [5.74, 6) is 0. The van der Waals surface area contributed by atoms with E-state index in [9.17, 15) is 0 Å². The molecule has 2 nitrogen and oxygen atoms in total. The van der Waals surface area contributed by atoms with Crippen molar-refractivity contribution in [2.75, 3.05) is 0 Å². The molecule has 2 heteroatoms. The van der Waals surface area contributed by atoms with Gasteiger partial charge in [0.15, 0.2) is 11.2 Å². The van der Waals surface area contributed by atoms with Crippen molar-refractivity contribution in [3.8, 4) is 0 Å². The molecule has 2 spiro atoms. The lowest BCUT2D eigenvalue weighted by molar-refractivity contribution is -0.547. The van der Waals surface area contributed by atoms with E-state index in [1.54, 1.807) is 0 Å². The fourth-order valence-electron chi connectivity index (χ4n) is 5.92. The van der Waals surface area contributed by atoms with Crippen LogP contribution < -0.4 is 0 Å². The van der Waals surface area contributed by atoms with Gasteiger partial charge >= 0.3 is 0 Å². The monoisotopic (exact) mass is 388 g/mol. The fourth-order valence-corrected chi connectivity index (χ4v) is 5.92. The number of fused-ring (bicyclic) bond motifs is 9. The van der Waals surface area contributed by atoms with E-state index in [2.05, 4.69) is 97.1 Å². The highest BCUT2D eigenvalue weighted by Gasteiger charge is 2.71. The summed E-state index contributed by atoms with van der Waals surface area (Å²) in [5, 5.41) is 0. The van der Waals surface area contributed by atoms with Gasteiger partial charge in [0, 0.05) is 0 Å². The van der Waals surface area contributed by atoms with Gasteiger partial charge in [0.1, 0.15) is 0 Å². The number of hydrogen-bond acceptors (Lipinski definition) is 2. The minimum absolute atomic E-state index is 0.703. The van der Waals surface area contributed by atoms with Crippen LogP contribution in [-0.4, -0.2) is 0 Å². The van der Waals surface area contributed by atoms with E-state index in [0.29, 0.717) is 0 Å². The lowest BCUT2D eigenvalue weighted by atomic mass is 9.57. The molecular formula is C28H20O2. The van der Waals surface area contributed by atoms with E-state index >= 15 is 0 Å². The molecular weight excluding hydrogens is 368 g/mol. The Morgan fingerprint density at radius 1 is 0.400 bits per heavy atom. The van der Waals surface area contributed by atoms with Crippen LogP contribution in [0.15, 0.2) is 97.1 Å². The van der Waals surface area contributed by atoms with Crippen LogP contribution in [0, 0.1) is 0 Å². The molecule has 4 aromatic rings. The smallest absolute Gasteiger partial charge is 0.194 e. The maximum atomic E-state index is 6.32. The third kappa shape index (κ3) is 1.78. The highest BCUT2D eigenvalue weighted by molar-refractivity contribution is 5.64. The molecule has 0 amide bonds. The molecule has 4 aromatic carbocycles. The second-order valence-corrected chi connectivity index (χ2v) is 8.51. The van der Waals surface area contributed by atoms with Crippen LogP contribution in [0.3, 0.4) is 0 Å². The lowest BCUT2D eigenvalue weighted by Gasteiger charge is -2.60. The van der Waals surface area contributed by atoms with Gasteiger partial charge in [-0.1, -0.05) is 97.1 Å². The van der Waals surface area contributed by atoms with E-state index in [1.165, 1.54) is 44.5 Å². The summed E-state index contributed by atoms with van der Waals surface area (Å²) in [6.45, 7) is 0. The molecule has 0 aromatic heterocycles. The summed E-state index contributed by atoms with van der Waals surface area (Å²) >= 11 is 0. The van der Waals surface area contributed by atoms with Crippen LogP contribution in [0.5, 0.6) is 0 Å². The van der Waals surface area contributed by atoms with Crippen LogP contribution in [0.25, 0.3) is 0 Å². The van der Waals surface area contributed by atoms with Gasteiger partial charge in [0.05, 0.1) is 0 Å². The molecule has 7 rings (SSSR count). The molecule has 1 heterocycles. The first-order valence-electron chi connectivity index (χ1n) is 10.5. The van der Waals surface area contributed by atoms with Crippen LogP contribution in [0.4, 0.5) is 0 Å². The van der Waals surface area contributed by atoms with Gasteiger partial charge in [-0.15, -0.1) is 0 Å². The topological polar surface area (TPSA) is 18.5 Å². The molecule has 1 aliphatic heterocycles. The summed E-state index contributed by atoms with van der Waals surface area (Å²) in [6, 6.07) is 34.7. The van der Waals surface area contributed by atoms with Crippen molar-refractivity contribution in [1.29, 1.82) is 0 Å². The molecule has 30 heavy (non-hydrogen) atoms. The maximum Gasteiger partial charge on any atom is 0.194 e. The molecule has 0 radical (unpaired) electrons. The summed E-state index contributed by atoms with van der Waals surface area (Å²) in [7, 11) is 0. The summed E-state index contributed by atoms with van der Waals surface area (Å²) in [6.07, 6.45) is 1.83. The van der Waals surface area contributed by atoms with Crippen LogP contribution in [-0.2, 0) is 33.8 Å². The van der Waals surface area contributed by atoms with Gasteiger partial charge in [-0.3, -0.25) is 0 Å². The van der Waals surface area contributed by atoms with E-state index in [0.717, 1.165) is 12.8 Å². The Labute approximate surface area is 175 Å². The van der Waals surface area contributed by atoms with Gasteiger partial charge in [-0.05, 0) is 57.3 Å². The van der Waals surface area contributed by atoms with Crippen molar-refractivity contribution in [3.05, 3.63) is 142 Å².